The molecule has 0 unspecified atom stereocenters. The highest BCUT2D eigenvalue weighted by atomic mass is 32.1. The third-order valence-corrected chi connectivity index (χ3v) is 5.28. The van der Waals surface area contributed by atoms with E-state index in [1.54, 1.807) is 17.6 Å². The van der Waals surface area contributed by atoms with Crippen molar-refractivity contribution < 1.29 is 18.7 Å². The van der Waals surface area contributed by atoms with Gasteiger partial charge < -0.3 is 15.4 Å². The first kappa shape index (κ1) is 20.2. The van der Waals surface area contributed by atoms with Crippen LogP contribution in [-0.4, -0.2) is 54.5 Å². The maximum atomic E-state index is 14.3. The Kier molecular flexibility index (Phi) is 6.94. The lowest BCUT2D eigenvalue weighted by Gasteiger charge is -2.34. The fraction of sp³-hybridized carbons (Fsp3) is 0.421. The molecule has 3 rings (SSSR count). The Labute approximate surface area is 166 Å². The molecule has 2 amide bonds. The molecule has 9 heteroatoms. The number of carbonyl (C=O) groups excluding carboxylic acids is 2. The second-order valence-electron chi connectivity index (χ2n) is 6.52. The van der Waals surface area contributed by atoms with Gasteiger partial charge in [-0.05, 0) is 6.07 Å². The number of piperazine rings is 1. The molecule has 0 bridgehead atoms. The van der Waals surface area contributed by atoms with Crippen LogP contribution in [0, 0.1) is 5.82 Å². The number of hydrogen-bond donors (Lipinski definition) is 2. The molecule has 0 radical (unpaired) electrons. The zero-order valence-electron chi connectivity index (χ0n) is 15.6. The van der Waals surface area contributed by atoms with Crippen molar-refractivity contribution in [1.82, 2.24) is 20.5 Å². The molecule has 28 heavy (non-hydrogen) atoms. The molecule has 1 atom stereocenters. The Morgan fingerprint density at radius 2 is 2.36 bits per heavy atom. The van der Waals surface area contributed by atoms with Gasteiger partial charge in [0.2, 0.25) is 11.8 Å². The molecule has 1 aliphatic heterocycles. The minimum atomic E-state index is -0.630. The van der Waals surface area contributed by atoms with Crippen molar-refractivity contribution >= 4 is 23.2 Å². The van der Waals surface area contributed by atoms with Crippen molar-refractivity contribution in [3.63, 3.8) is 0 Å². The average Bonchev–Trinajstić information content (AvgIpc) is 3.19. The van der Waals surface area contributed by atoms with Crippen LogP contribution in [0.15, 0.2) is 29.1 Å². The molecule has 0 saturated carbocycles. The fourth-order valence-corrected chi connectivity index (χ4v) is 3.71. The molecule has 0 spiro atoms. The van der Waals surface area contributed by atoms with Crippen LogP contribution < -0.4 is 15.4 Å². The Morgan fingerprint density at radius 3 is 3.07 bits per heavy atom. The van der Waals surface area contributed by atoms with Gasteiger partial charge in [0, 0.05) is 49.6 Å². The predicted molar refractivity (Wildman–Crippen MR) is 104 cm³/mol. The lowest BCUT2D eigenvalue weighted by molar-refractivity contribution is -0.134. The Morgan fingerprint density at radius 1 is 1.50 bits per heavy atom. The van der Waals surface area contributed by atoms with Crippen molar-refractivity contribution in [3.8, 4) is 5.75 Å². The normalized spacial score (nSPS) is 17.2. The number of nitrogens with one attached hydrogen (secondary N) is 2. The summed E-state index contributed by atoms with van der Waals surface area (Å²) >= 11 is 1.51. The molecule has 1 aromatic heterocycles. The van der Waals surface area contributed by atoms with Gasteiger partial charge in [0.1, 0.15) is 11.6 Å². The van der Waals surface area contributed by atoms with Gasteiger partial charge >= 0.3 is 0 Å². The van der Waals surface area contributed by atoms with E-state index in [4.69, 9.17) is 4.74 Å². The van der Waals surface area contributed by atoms with Crippen LogP contribution in [0.5, 0.6) is 5.75 Å². The van der Waals surface area contributed by atoms with E-state index in [1.165, 1.54) is 24.5 Å². The summed E-state index contributed by atoms with van der Waals surface area (Å²) in [5.74, 6) is -0.377. The first-order valence-corrected chi connectivity index (χ1v) is 9.99. The smallest absolute Gasteiger partial charge is 0.237 e. The number of aromatic nitrogens is 1. The molecule has 1 fully saturated rings. The number of hydrogen-bond acceptors (Lipinski definition) is 6. The maximum absolute atomic E-state index is 14.3. The summed E-state index contributed by atoms with van der Waals surface area (Å²) in [7, 11) is 1.48. The largest absolute Gasteiger partial charge is 0.497 e. The van der Waals surface area contributed by atoms with Crippen LogP contribution >= 0.6 is 11.3 Å². The van der Waals surface area contributed by atoms with Gasteiger partial charge in [0.05, 0.1) is 30.8 Å². The number of halogens is 1. The molecule has 7 nitrogen and oxygen atoms in total. The summed E-state index contributed by atoms with van der Waals surface area (Å²) in [6, 6.07) is 4.02. The minimum absolute atomic E-state index is 0.0284. The maximum Gasteiger partial charge on any atom is 0.237 e. The average molecular weight is 406 g/mol. The quantitative estimate of drug-likeness (QED) is 0.691. The third-order valence-electron chi connectivity index (χ3n) is 4.64. The zero-order valence-corrected chi connectivity index (χ0v) is 16.4. The van der Waals surface area contributed by atoms with E-state index in [0.29, 0.717) is 37.4 Å². The van der Waals surface area contributed by atoms with Gasteiger partial charge in [-0.15, -0.1) is 11.3 Å². The number of ether oxygens (including phenoxy) is 1. The lowest BCUT2D eigenvalue weighted by atomic mass is 10.1. The molecule has 2 N–H and O–H groups in total. The zero-order chi connectivity index (χ0) is 19.9. The van der Waals surface area contributed by atoms with Crippen LogP contribution in [-0.2, 0) is 22.6 Å². The van der Waals surface area contributed by atoms with Crippen LogP contribution in [0.25, 0.3) is 0 Å². The molecule has 2 heterocycles. The monoisotopic (exact) mass is 406 g/mol. The Hall–Kier alpha value is -2.52. The SMILES string of the molecule is COc1ccc(CN2CCNC(=O)[C@@H]2CC(=O)NCCc2cscn2)c(F)c1. The second-order valence-corrected chi connectivity index (χ2v) is 7.24. The van der Waals surface area contributed by atoms with E-state index in [2.05, 4.69) is 15.6 Å². The Balaban J connectivity index is 1.58. The molecular weight excluding hydrogens is 383 g/mol. The summed E-state index contributed by atoms with van der Waals surface area (Å²) in [6.07, 6.45) is 0.674. The number of amides is 2. The van der Waals surface area contributed by atoms with Gasteiger partial charge in [0.25, 0.3) is 0 Å². The Bertz CT molecular complexity index is 816. The van der Waals surface area contributed by atoms with Crippen LogP contribution in [0.3, 0.4) is 0 Å². The van der Waals surface area contributed by atoms with E-state index < -0.39 is 11.9 Å². The van der Waals surface area contributed by atoms with Gasteiger partial charge in [0.15, 0.2) is 0 Å². The molecule has 1 aromatic carbocycles. The number of nitrogens with zero attached hydrogens (tertiary/aromatic N) is 2. The van der Waals surface area contributed by atoms with E-state index in [-0.39, 0.29) is 24.8 Å². The number of rotatable bonds is 8. The van der Waals surface area contributed by atoms with Gasteiger partial charge in [-0.25, -0.2) is 9.37 Å². The minimum Gasteiger partial charge on any atom is -0.497 e. The first-order valence-electron chi connectivity index (χ1n) is 9.04. The second kappa shape index (κ2) is 9.61. The van der Waals surface area contributed by atoms with Gasteiger partial charge in [-0.3, -0.25) is 14.5 Å². The third kappa shape index (κ3) is 5.26. The summed E-state index contributed by atoms with van der Waals surface area (Å²) in [4.78, 5) is 30.6. The lowest BCUT2D eigenvalue weighted by Crippen LogP contribution is -2.56. The van der Waals surface area contributed by atoms with Crippen molar-refractivity contribution in [2.75, 3.05) is 26.7 Å². The van der Waals surface area contributed by atoms with E-state index in [0.717, 1.165) is 5.69 Å². The number of carbonyl (C=O) groups is 2. The van der Waals surface area contributed by atoms with Gasteiger partial charge in [-0.1, -0.05) is 6.07 Å². The highest BCUT2D eigenvalue weighted by Gasteiger charge is 2.32. The summed E-state index contributed by atoms with van der Waals surface area (Å²) in [5, 5.41) is 7.55. The highest BCUT2D eigenvalue weighted by molar-refractivity contribution is 7.07. The van der Waals surface area contributed by atoms with Crippen LogP contribution in [0.1, 0.15) is 17.7 Å². The number of methoxy groups -OCH3 is 1. The van der Waals surface area contributed by atoms with Gasteiger partial charge in [-0.2, -0.15) is 0 Å². The predicted octanol–water partition coefficient (Wildman–Crippen LogP) is 1.34. The van der Waals surface area contributed by atoms with Crippen molar-refractivity contribution in [3.05, 3.63) is 46.2 Å². The molecule has 0 aliphatic carbocycles. The van der Waals surface area contributed by atoms with Crippen LogP contribution in [0.4, 0.5) is 4.39 Å². The fourth-order valence-electron chi connectivity index (χ4n) is 3.11. The molecule has 1 saturated heterocycles. The first-order chi connectivity index (χ1) is 13.6. The molecule has 150 valence electrons. The van der Waals surface area contributed by atoms with E-state index in [1.807, 2.05) is 10.3 Å². The van der Waals surface area contributed by atoms with Crippen molar-refractivity contribution in [2.24, 2.45) is 0 Å². The molecular formula is C19H23FN4O3S. The molecule has 2 aromatic rings. The molecule has 1 aliphatic rings. The van der Waals surface area contributed by atoms with Crippen molar-refractivity contribution in [1.29, 1.82) is 0 Å². The standard InChI is InChI=1S/C19H23FN4O3S/c1-27-15-3-2-13(16(20)8-15)10-24-7-6-22-19(26)17(24)9-18(25)21-5-4-14-11-28-12-23-14/h2-3,8,11-12,17H,4-7,9-10H2,1H3,(H,21,25)(H,22,26)/t17-/m0/s1. The number of benzene rings is 1. The summed E-state index contributed by atoms with van der Waals surface area (Å²) in [6.45, 7) is 1.73. The highest BCUT2D eigenvalue weighted by Crippen LogP contribution is 2.20. The van der Waals surface area contributed by atoms with Crippen molar-refractivity contribution in [2.45, 2.75) is 25.4 Å². The summed E-state index contributed by atoms with van der Waals surface area (Å²) < 4.78 is 19.3. The van der Waals surface area contributed by atoms with Crippen LogP contribution in [0.2, 0.25) is 0 Å². The van der Waals surface area contributed by atoms with E-state index >= 15 is 0 Å². The number of thiazole rings is 1. The topological polar surface area (TPSA) is 83.6 Å². The summed E-state index contributed by atoms with van der Waals surface area (Å²) in [5.41, 5.74) is 3.14. The van der Waals surface area contributed by atoms with E-state index in [9.17, 15) is 14.0 Å².